The van der Waals surface area contributed by atoms with Crippen LogP contribution >= 0.6 is 0 Å². The van der Waals surface area contributed by atoms with Gasteiger partial charge in [-0.05, 0) is 60.4 Å². The number of aromatic nitrogens is 4. The van der Waals surface area contributed by atoms with E-state index < -0.39 is 0 Å². The Morgan fingerprint density at radius 2 is 1.07 bits per heavy atom. The van der Waals surface area contributed by atoms with Crippen molar-refractivity contribution < 1.29 is 0 Å². The Balaban J connectivity index is 1.40. The maximum Gasteiger partial charge on any atom is 0.168 e. The third-order valence-corrected chi connectivity index (χ3v) is 7.98. The van der Waals surface area contributed by atoms with Crippen molar-refractivity contribution in [1.82, 2.24) is 19.3 Å². The van der Waals surface area contributed by atoms with Crippen LogP contribution in [0.3, 0.4) is 0 Å². The summed E-state index contributed by atoms with van der Waals surface area (Å²) in [7, 11) is 0. The Labute approximate surface area is 234 Å². The van der Waals surface area contributed by atoms with E-state index in [4.69, 9.17) is 10.2 Å². The van der Waals surface area contributed by atoms with Gasteiger partial charge in [-0.2, -0.15) is 0 Å². The summed E-state index contributed by atoms with van der Waals surface area (Å²) in [6.45, 7) is 4.52. The molecule has 0 fully saturated rings. The second-order valence-electron chi connectivity index (χ2n) is 10.3. The van der Waals surface area contributed by atoms with E-state index in [1.54, 1.807) is 0 Å². The van der Waals surface area contributed by atoms with E-state index in [2.05, 4.69) is 144 Å². The summed E-state index contributed by atoms with van der Waals surface area (Å²) < 4.78 is 4.57. The molecule has 0 saturated heterocycles. The number of rotatable bonds is 6. The molecular weight excluding hydrogens is 488 g/mol. The fourth-order valence-electron chi connectivity index (χ4n) is 5.76. The van der Waals surface area contributed by atoms with Crippen molar-refractivity contribution in [3.8, 4) is 34.2 Å². The molecule has 0 bridgehead atoms. The second-order valence-corrected chi connectivity index (χ2v) is 10.3. The lowest BCUT2D eigenvalue weighted by atomic mass is 9.96. The summed E-state index contributed by atoms with van der Waals surface area (Å²) in [6, 6.07) is 44.9. The Kier molecular flexibility index (Phi) is 6.01. The first kappa shape index (κ1) is 24.1. The molecule has 1 atom stereocenters. The second kappa shape index (κ2) is 9.97. The van der Waals surface area contributed by atoms with Crippen molar-refractivity contribution in [2.24, 2.45) is 0 Å². The monoisotopic (exact) mass is 518 g/mol. The molecular formula is C36H30N4. The van der Waals surface area contributed by atoms with Gasteiger partial charge in [-0.25, -0.2) is 0 Å². The highest BCUT2D eigenvalue weighted by molar-refractivity contribution is 6.09. The van der Waals surface area contributed by atoms with Crippen molar-refractivity contribution in [1.29, 1.82) is 0 Å². The molecule has 0 saturated carbocycles. The van der Waals surface area contributed by atoms with Gasteiger partial charge in [-0.15, -0.1) is 10.2 Å². The minimum absolute atomic E-state index is 0.410. The Morgan fingerprint density at radius 3 is 1.70 bits per heavy atom. The van der Waals surface area contributed by atoms with Crippen LogP contribution in [0, 0.1) is 0 Å². The summed E-state index contributed by atoms with van der Waals surface area (Å²) in [5, 5.41) is 12.0. The van der Waals surface area contributed by atoms with Crippen LogP contribution in [0.5, 0.6) is 0 Å². The van der Waals surface area contributed by atoms with Gasteiger partial charge >= 0.3 is 0 Å². The van der Waals surface area contributed by atoms with Gasteiger partial charge in [0.2, 0.25) is 0 Å². The molecule has 0 amide bonds. The van der Waals surface area contributed by atoms with Crippen molar-refractivity contribution in [3.63, 3.8) is 0 Å². The Morgan fingerprint density at radius 1 is 0.550 bits per heavy atom. The van der Waals surface area contributed by atoms with E-state index in [9.17, 15) is 0 Å². The highest BCUT2D eigenvalue weighted by Gasteiger charge is 2.21. The molecule has 0 spiro atoms. The van der Waals surface area contributed by atoms with Crippen LogP contribution in [0.2, 0.25) is 0 Å². The smallest absolute Gasteiger partial charge is 0.168 e. The fourth-order valence-corrected chi connectivity index (χ4v) is 5.76. The van der Waals surface area contributed by atoms with Gasteiger partial charge in [0.15, 0.2) is 11.6 Å². The largest absolute Gasteiger partial charge is 0.309 e. The molecule has 4 nitrogen and oxygen atoms in total. The molecule has 7 aromatic rings. The van der Waals surface area contributed by atoms with Crippen LogP contribution in [-0.4, -0.2) is 19.3 Å². The number of nitrogens with zero attached hydrogens (tertiary/aromatic N) is 4. The first-order chi connectivity index (χ1) is 19.7. The van der Waals surface area contributed by atoms with Gasteiger partial charge in [0.05, 0.1) is 16.7 Å². The number of para-hydroxylation sites is 3. The summed E-state index contributed by atoms with van der Waals surface area (Å²) in [5.74, 6) is 2.09. The van der Waals surface area contributed by atoms with Gasteiger partial charge in [0.25, 0.3) is 0 Å². The summed E-state index contributed by atoms with van der Waals surface area (Å²) in [4.78, 5) is 0. The molecule has 4 heteroatoms. The van der Waals surface area contributed by atoms with Crippen LogP contribution in [0.15, 0.2) is 127 Å². The minimum atomic E-state index is 0.410. The molecule has 7 rings (SSSR count). The van der Waals surface area contributed by atoms with Crippen molar-refractivity contribution in [3.05, 3.63) is 133 Å². The predicted molar refractivity (Wildman–Crippen MR) is 165 cm³/mol. The van der Waals surface area contributed by atoms with Gasteiger partial charge in [0, 0.05) is 27.6 Å². The maximum atomic E-state index is 4.76. The molecule has 0 aliphatic heterocycles. The number of hydrogen-bond donors (Lipinski definition) is 0. The lowest BCUT2D eigenvalue weighted by Crippen LogP contribution is -2.06. The average molecular weight is 519 g/mol. The van der Waals surface area contributed by atoms with Gasteiger partial charge < -0.3 is 4.57 Å². The molecule has 194 valence electrons. The quantitative estimate of drug-likeness (QED) is 0.220. The third-order valence-electron chi connectivity index (χ3n) is 7.98. The number of benzene rings is 5. The Bertz CT molecular complexity index is 1890. The standard InChI is InChI=1S/C36H30N4/c1-3-25(2)29-15-7-10-18-32(29)40-35(26-13-5-4-6-14-26)37-38-36(40)27-21-23-28(24-22-27)39-33-19-11-8-16-30(33)31-17-9-12-20-34(31)39/h4-25H,3H2,1-2H3. The predicted octanol–water partition coefficient (Wildman–Crippen LogP) is 9.21. The van der Waals surface area contributed by atoms with Crippen LogP contribution in [-0.2, 0) is 0 Å². The van der Waals surface area contributed by atoms with Crippen molar-refractivity contribution >= 4 is 21.8 Å². The van der Waals surface area contributed by atoms with Crippen LogP contribution < -0.4 is 0 Å². The molecule has 2 aromatic heterocycles. The van der Waals surface area contributed by atoms with E-state index in [1.165, 1.54) is 27.4 Å². The molecule has 5 aromatic carbocycles. The molecule has 0 radical (unpaired) electrons. The SMILES string of the molecule is CCC(C)c1ccccc1-n1c(-c2ccccc2)nnc1-c1ccc(-n2c3ccccc3c3ccccc32)cc1. The molecule has 2 heterocycles. The van der Waals surface area contributed by atoms with Crippen LogP contribution in [0.1, 0.15) is 31.7 Å². The summed E-state index contributed by atoms with van der Waals surface area (Å²) >= 11 is 0. The van der Waals surface area contributed by atoms with Crippen molar-refractivity contribution in [2.45, 2.75) is 26.2 Å². The topological polar surface area (TPSA) is 35.6 Å². The van der Waals surface area contributed by atoms with E-state index >= 15 is 0 Å². The van der Waals surface area contributed by atoms with E-state index in [0.29, 0.717) is 5.92 Å². The first-order valence-electron chi connectivity index (χ1n) is 13.9. The van der Waals surface area contributed by atoms with E-state index in [-0.39, 0.29) is 0 Å². The molecule has 0 N–H and O–H groups in total. The van der Waals surface area contributed by atoms with Crippen LogP contribution in [0.4, 0.5) is 0 Å². The maximum absolute atomic E-state index is 4.76. The minimum Gasteiger partial charge on any atom is -0.309 e. The molecule has 0 aliphatic carbocycles. The first-order valence-corrected chi connectivity index (χ1v) is 13.9. The fraction of sp³-hybridized carbons (Fsp3) is 0.111. The summed E-state index contributed by atoms with van der Waals surface area (Å²) in [6.07, 6.45) is 1.06. The van der Waals surface area contributed by atoms with Gasteiger partial charge in [-0.3, -0.25) is 4.57 Å². The van der Waals surface area contributed by atoms with Crippen LogP contribution in [0.25, 0.3) is 56.0 Å². The highest BCUT2D eigenvalue weighted by atomic mass is 15.3. The molecule has 0 aliphatic rings. The molecule has 1 unspecified atom stereocenters. The van der Waals surface area contributed by atoms with Gasteiger partial charge in [-0.1, -0.05) is 98.8 Å². The summed E-state index contributed by atoms with van der Waals surface area (Å²) in [5.41, 5.74) is 8.02. The Hall–Kier alpha value is -4.96. The zero-order valence-electron chi connectivity index (χ0n) is 22.7. The highest BCUT2D eigenvalue weighted by Crippen LogP contribution is 2.35. The number of fused-ring (bicyclic) bond motifs is 3. The number of hydrogen-bond acceptors (Lipinski definition) is 2. The normalized spacial score (nSPS) is 12.2. The lowest BCUT2D eigenvalue weighted by Gasteiger charge is -2.19. The van der Waals surface area contributed by atoms with E-state index in [1.807, 2.05) is 6.07 Å². The third kappa shape index (κ3) is 3.92. The van der Waals surface area contributed by atoms with E-state index in [0.717, 1.165) is 40.6 Å². The zero-order chi connectivity index (χ0) is 27.1. The average Bonchev–Trinajstić information content (AvgIpc) is 3.61. The molecule has 40 heavy (non-hydrogen) atoms. The van der Waals surface area contributed by atoms with Gasteiger partial charge in [0.1, 0.15) is 0 Å². The zero-order valence-corrected chi connectivity index (χ0v) is 22.7. The van der Waals surface area contributed by atoms with Crippen molar-refractivity contribution in [2.75, 3.05) is 0 Å². The lowest BCUT2D eigenvalue weighted by molar-refractivity contribution is 0.727.